The number of carbonyl (C=O) groups excluding carboxylic acids is 1. The average Bonchev–Trinajstić information content (AvgIpc) is 2.55. The molecule has 0 bridgehead atoms. The Morgan fingerprint density at radius 3 is 2.65 bits per heavy atom. The van der Waals surface area contributed by atoms with Crippen molar-refractivity contribution in [3.63, 3.8) is 0 Å². The van der Waals surface area contributed by atoms with Gasteiger partial charge in [0.2, 0.25) is 0 Å². The third-order valence-corrected chi connectivity index (χ3v) is 3.07. The second-order valence-corrected chi connectivity index (χ2v) is 6.18. The lowest BCUT2D eigenvalue weighted by atomic mass is 10.2. The highest BCUT2D eigenvalue weighted by molar-refractivity contribution is 5.70. The molecule has 0 aromatic heterocycles. The summed E-state index contributed by atoms with van der Waals surface area (Å²) in [6.45, 7) is 11.0. The fourth-order valence-corrected chi connectivity index (χ4v) is 2.51. The van der Waals surface area contributed by atoms with E-state index in [4.69, 9.17) is 9.47 Å². The van der Waals surface area contributed by atoms with Gasteiger partial charge >= 0.3 is 6.09 Å². The van der Waals surface area contributed by atoms with Crippen LogP contribution >= 0.6 is 0 Å². The number of nitrogens with zero attached hydrogens (tertiary/aromatic N) is 1. The highest BCUT2D eigenvalue weighted by Crippen LogP contribution is 2.34. The van der Waals surface area contributed by atoms with Gasteiger partial charge < -0.3 is 14.8 Å². The van der Waals surface area contributed by atoms with Crippen molar-refractivity contribution in [2.24, 2.45) is 0 Å². The normalized spacial score (nSPS) is 31.5. The summed E-state index contributed by atoms with van der Waals surface area (Å²) in [7, 11) is 0. The second-order valence-electron chi connectivity index (χ2n) is 6.18. The van der Waals surface area contributed by atoms with E-state index in [0.29, 0.717) is 0 Å². The third kappa shape index (κ3) is 2.40. The number of carbonyl (C=O) groups is 1. The van der Waals surface area contributed by atoms with E-state index in [-0.39, 0.29) is 18.2 Å². The van der Waals surface area contributed by atoms with Crippen LogP contribution in [0, 0.1) is 0 Å². The molecule has 17 heavy (non-hydrogen) atoms. The average molecular weight is 242 g/mol. The molecule has 2 rings (SSSR count). The standard InChI is InChI=1S/C12H22N2O3/c1-11(2,3)17-10(15)14-8-6-13-7-9(8)16-12(14,4)5/h8-9,13H,6-7H2,1-5H3/t8-,9-/m1/s1. The summed E-state index contributed by atoms with van der Waals surface area (Å²) in [4.78, 5) is 13.9. The van der Waals surface area contributed by atoms with Crippen molar-refractivity contribution in [3.05, 3.63) is 0 Å². The van der Waals surface area contributed by atoms with E-state index in [9.17, 15) is 4.79 Å². The van der Waals surface area contributed by atoms with Crippen molar-refractivity contribution in [1.29, 1.82) is 0 Å². The number of hydrogen-bond donors (Lipinski definition) is 1. The molecule has 5 nitrogen and oxygen atoms in total. The molecule has 2 saturated heterocycles. The van der Waals surface area contributed by atoms with E-state index >= 15 is 0 Å². The van der Waals surface area contributed by atoms with Crippen molar-refractivity contribution >= 4 is 6.09 Å². The molecule has 5 heteroatoms. The first kappa shape index (κ1) is 12.6. The Morgan fingerprint density at radius 2 is 2.06 bits per heavy atom. The number of nitrogens with one attached hydrogen (secondary N) is 1. The molecular weight excluding hydrogens is 220 g/mol. The maximum atomic E-state index is 12.2. The fraction of sp³-hybridized carbons (Fsp3) is 0.917. The van der Waals surface area contributed by atoms with Crippen LogP contribution in [-0.2, 0) is 9.47 Å². The van der Waals surface area contributed by atoms with E-state index in [2.05, 4.69) is 5.32 Å². The first-order valence-corrected chi connectivity index (χ1v) is 6.11. The highest BCUT2D eigenvalue weighted by atomic mass is 16.6. The van der Waals surface area contributed by atoms with Gasteiger partial charge in [0, 0.05) is 13.1 Å². The fourth-order valence-electron chi connectivity index (χ4n) is 2.51. The minimum absolute atomic E-state index is 0.0810. The maximum absolute atomic E-state index is 12.2. The summed E-state index contributed by atoms with van der Waals surface area (Å²) in [5, 5.41) is 3.24. The van der Waals surface area contributed by atoms with Crippen LogP contribution in [0.1, 0.15) is 34.6 Å². The molecule has 1 N–H and O–H groups in total. The van der Waals surface area contributed by atoms with Crippen LogP contribution in [-0.4, -0.2) is 47.6 Å². The van der Waals surface area contributed by atoms with Crippen molar-refractivity contribution in [2.75, 3.05) is 13.1 Å². The number of ether oxygens (including phenoxy) is 2. The molecule has 2 atom stereocenters. The number of fused-ring (bicyclic) bond motifs is 1. The van der Waals surface area contributed by atoms with Gasteiger partial charge in [0.15, 0.2) is 0 Å². The van der Waals surface area contributed by atoms with E-state index in [0.717, 1.165) is 13.1 Å². The maximum Gasteiger partial charge on any atom is 0.412 e. The molecule has 0 saturated carbocycles. The zero-order valence-corrected chi connectivity index (χ0v) is 11.2. The topological polar surface area (TPSA) is 50.8 Å². The van der Waals surface area contributed by atoms with Crippen LogP contribution in [0.25, 0.3) is 0 Å². The first-order valence-electron chi connectivity index (χ1n) is 6.11. The zero-order valence-electron chi connectivity index (χ0n) is 11.2. The Hall–Kier alpha value is -0.810. The lowest BCUT2D eigenvalue weighted by Crippen LogP contribution is -2.51. The molecule has 98 valence electrons. The van der Waals surface area contributed by atoms with Gasteiger partial charge in [-0.1, -0.05) is 0 Å². The lowest BCUT2D eigenvalue weighted by Gasteiger charge is -2.34. The Labute approximate surface area is 102 Å². The highest BCUT2D eigenvalue weighted by Gasteiger charge is 2.52. The van der Waals surface area contributed by atoms with Gasteiger partial charge in [0.25, 0.3) is 0 Å². The molecule has 2 aliphatic rings. The minimum atomic E-state index is -0.584. The summed E-state index contributed by atoms with van der Waals surface area (Å²) in [6, 6.07) is 0.0832. The molecule has 0 spiro atoms. The SMILES string of the molecule is CC(C)(C)OC(=O)N1[C@@H]2CNC[C@H]2OC1(C)C. The van der Waals surface area contributed by atoms with Gasteiger partial charge in [-0.2, -0.15) is 0 Å². The van der Waals surface area contributed by atoms with Gasteiger partial charge in [-0.05, 0) is 34.6 Å². The van der Waals surface area contributed by atoms with E-state index < -0.39 is 11.3 Å². The monoisotopic (exact) mass is 242 g/mol. The summed E-state index contributed by atoms with van der Waals surface area (Å²) < 4.78 is 11.3. The molecular formula is C12H22N2O3. The summed E-state index contributed by atoms with van der Waals surface area (Å²) in [5.41, 5.74) is -1.06. The second kappa shape index (κ2) is 3.85. The van der Waals surface area contributed by atoms with Gasteiger partial charge in [0.05, 0.1) is 12.1 Å². The molecule has 0 unspecified atom stereocenters. The summed E-state index contributed by atoms with van der Waals surface area (Å²) >= 11 is 0. The molecule has 0 aromatic carbocycles. The van der Waals surface area contributed by atoms with Crippen LogP contribution in [0.2, 0.25) is 0 Å². The Morgan fingerprint density at radius 1 is 1.41 bits per heavy atom. The molecule has 0 aromatic rings. The summed E-state index contributed by atoms with van der Waals surface area (Å²) in [5.74, 6) is 0. The van der Waals surface area contributed by atoms with Crippen LogP contribution in [0.5, 0.6) is 0 Å². The first-order chi connectivity index (χ1) is 7.71. The minimum Gasteiger partial charge on any atom is -0.444 e. The molecule has 1 amide bonds. The van der Waals surface area contributed by atoms with Gasteiger partial charge in [-0.25, -0.2) is 4.79 Å². The van der Waals surface area contributed by atoms with Crippen LogP contribution in [0.3, 0.4) is 0 Å². The van der Waals surface area contributed by atoms with Crippen molar-refractivity contribution in [2.45, 2.75) is 58.1 Å². The lowest BCUT2D eigenvalue weighted by molar-refractivity contribution is -0.0799. The van der Waals surface area contributed by atoms with Crippen molar-refractivity contribution < 1.29 is 14.3 Å². The smallest absolute Gasteiger partial charge is 0.412 e. The molecule has 0 aliphatic carbocycles. The van der Waals surface area contributed by atoms with Gasteiger partial charge in [0.1, 0.15) is 11.3 Å². The van der Waals surface area contributed by atoms with Crippen LogP contribution in [0.4, 0.5) is 4.79 Å². The van der Waals surface area contributed by atoms with E-state index in [1.165, 1.54) is 0 Å². The summed E-state index contributed by atoms with van der Waals surface area (Å²) in [6.07, 6.45) is -0.212. The van der Waals surface area contributed by atoms with Gasteiger partial charge in [-0.3, -0.25) is 4.90 Å². The largest absolute Gasteiger partial charge is 0.444 e. The van der Waals surface area contributed by atoms with Crippen molar-refractivity contribution in [3.8, 4) is 0 Å². The predicted octanol–water partition coefficient (Wildman–Crippen LogP) is 1.33. The Balaban J connectivity index is 2.15. The molecule has 2 aliphatic heterocycles. The number of amides is 1. The Kier molecular flexibility index (Phi) is 2.86. The third-order valence-electron chi connectivity index (χ3n) is 3.07. The van der Waals surface area contributed by atoms with E-state index in [1.807, 2.05) is 34.6 Å². The van der Waals surface area contributed by atoms with Crippen molar-refractivity contribution in [1.82, 2.24) is 10.2 Å². The van der Waals surface area contributed by atoms with E-state index in [1.54, 1.807) is 4.90 Å². The number of rotatable bonds is 0. The zero-order chi connectivity index (χ0) is 12.8. The van der Waals surface area contributed by atoms with Gasteiger partial charge in [-0.15, -0.1) is 0 Å². The molecule has 2 fully saturated rings. The Bertz CT molecular complexity index is 322. The van der Waals surface area contributed by atoms with Crippen LogP contribution < -0.4 is 5.32 Å². The number of hydrogen-bond acceptors (Lipinski definition) is 4. The predicted molar refractivity (Wildman–Crippen MR) is 63.7 cm³/mol. The van der Waals surface area contributed by atoms with Crippen LogP contribution in [0.15, 0.2) is 0 Å². The quantitative estimate of drug-likeness (QED) is 0.696. The molecule has 0 radical (unpaired) electrons. The molecule has 2 heterocycles.